The van der Waals surface area contributed by atoms with Gasteiger partial charge < -0.3 is 9.30 Å². The minimum atomic E-state index is -0.472. The third kappa shape index (κ3) is 3.27. The fourth-order valence-electron chi connectivity index (χ4n) is 2.66. The fraction of sp³-hybridized carbons (Fsp3) is 0.167. The van der Waals surface area contributed by atoms with Crippen LogP contribution < -0.4 is 0 Å². The number of para-hydroxylation sites is 1. The number of nitro groups is 1. The summed E-state index contributed by atoms with van der Waals surface area (Å²) < 4.78 is 7.15. The van der Waals surface area contributed by atoms with Crippen LogP contribution in [-0.4, -0.2) is 15.5 Å². The van der Waals surface area contributed by atoms with E-state index in [9.17, 15) is 14.9 Å². The first kappa shape index (κ1) is 15.7. The lowest BCUT2D eigenvalue weighted by Gasteiger charge is -2.09. The van der Waals surface area contributed by atoms with Crippen LogP contribution in [0.5, 0.6) is 0 Å². The van der Waals surface area contributed by atoms with Gasteiger partial charge in [-0.15, -0.1) is 0 Å². The van der Waals surface area contributed by atoms with Gasteiger partial charge in [0.15, 0.2) is 0 Å². The molecule has 0 bridgehead atoms. The number of carbonyl (C=O) groups is 1. The van der Waals surface area contributed by atoms with Gasteiger partial charge >= 0.3 is 5.97 Å². The Labute approximate surface area is 138 Å². The highest BCUT2D eigenvalue weighted by molar-refractivity contribution is 5.83. The summed E-state index contributed by atoms with van der Waals surface area (Å²) in [6.07, 6.45) is 0. The van der Waals surface area contributed by atoms with Crippen LogP contribution in [0.15, 0.2) is 54.6 Å². The predicted molar refractivity (Wildman–Crippen MR) is 89.6 cm³/mol. The summed E-state index contributed by atoms with van der Waals surface area (Å²) in [7, 11) is 0. The molecule has 0 radical (unpaired) electrons. The molecule has 1 aromatic heterocycles. The van der Waals surface area contributed by atoms with Crippen LogP contribution in [-0.2, 0) is 22.7 Å². The van der Waals surface area contributed by atoms with Crippen LogP contribution in [0.4, 0.5) is 5.69 Å². The van der Waals surface area contributed by atoms with Gasteiger partial charge in [-0.2, -0.15) is 0 Å². The molecule has 0 N–H and O–H groups in total. The number of non-ortho nitro benzene ring substituents is 1. The molecular weight excluding hydrogens is 308 g/mol. The molecule has 0 fully saturated rings. The van der Waals surface area contributed by atoms with Gasteiger partial charge in [0.05, 0.1) is 4.92 Å². The quantitative estimate of drug-likeness (QED) is 0.408. The van der Waals surface area contributed by atoms with E-state index < -0.39 is 4.92 Å². The van der Waals surface area contributed by atoms with Gasteiger partial charge in [0.25, 0.3) is 5.69 Å². The molecule has 0 saturated heterocycles. The normalized spacial score (nSPS) is 10.7. The molecule has 6 heteroatoms. The number of carbonyl (C=O) groups excluding carboxylic acids is 1. The average molecular weight is 324 g/mol. The summed E-state index contributed by atoms with van der Waals surface area (Å²) in [6.45, 7) is 2.06. The minimum absolute atomic E-state index is 0.0127. The molecule has 0 aliphatic rings. The zero-order valence-corrected chi connectivity index (χ0v) is 13.1. The molecule has 2 aromatic carbocycles. The second-order valence-electron chi connectivity index (χ2n) is 5.52. The Morgan fingerprint density at radius 2 is 1.96 bits per heavy atom. The Morgan fingerprint density at radius 1 is 1.17 bits per heavy atom. The number of rotatable bonds is 5. The number of nitro benzene ring substituents is 1. The molecule has 122 valence electrons. The van der Waals surface area contributed by atoms with Gasteiger partial charge in [0.1, 0.15) is 13.2 Å². The van der Waals surface area contributed by atoms with Crippen LogP contribution in [0.1, 0.15) is 11.3 Å². The molecule has 0 atom stereocenters. The zero-order chi connectivity index (χ0) is 17.1. The first-order valence-electron chi connectivity index (χ1n) is 7.48. The number of ether oxygens (including phenoxy) is 1. The van der Waals surface area contributed by atoms with E-state index in [2.05, 4.69) is 0 Å². The molecule has 24 heavy (non-hydrogen) atoms. The van der Waals surface area contributed by atoms with Crippen molar-refractivity contribution in [3.8, 4) is 0 Å². The molecule has 0 aliphatic carbocycles. The number of benzene rings is 2. The number of nitrogens with zero attached hydrogens (tertiary/aromatic N) is 2. The van der Waals surface area contributed by atoms with E-state index >= 15 is 0 Å². The Morgan fingerprint density at radius 3 is 2.75 bits per heavy atom. The van der Waals surface area contributed by atoms with E-state index in [4.69, 9.17) is 4.74 Å². The molecule has 0 spiro atoms. The molecule has 3 aromatic rings. The first-order chi connectivity index (χ1) is 11.5. The second kappa shape index (κ2) is 6.54. The van der Waals surface area contributed by atoms with E-state index in [-0.39, 0.29) is 24.8 Å². The van der Waals surface area contributed by atoms with Gasteiger partial charge in [0.2, 0.25) is 0 Å². The van der Waals surface area contributed by atoms with Crippen LogP contribution in [0.3, 0.4) is 0 Å². The Kier molecular flexibility index (Phi) is 4.29. The molecule has 3 rings (SSSR count). The number of aromatic nitrogens is 1. The Hall–Kier alpha value is -3.15. The van der Waals surface area contributed by atoms with Gasteiger partial charge in [-0.05, 0) is 30.0 Å². The van der Waals surface area contributed by atoms with E-state index in [1.54, 1.807) is 12.1 Å². The summed E-state index contributed by atoms with van der Waals surface area (Å²) >= 11 is 0. The maximum Gasteiger partial charge on any atom is 0.326 e. The van der Waals surface area contributed by atoms with Gasteiger partial charge in [-0.25, -0.2) is 0 Å². The van der Waals surface area contributed by atoms with E-state index in [0.717, 1.165) is 16.6 Å². The van der Waals surface area contributed by atoms with Crippen molar-refractivity contribution >= 4 is 22.6 Å². The largest absolute Gasteiger partial charge is 0.459 e. The molecule has 1 heterocycles. The maximum atomic E-state index is 12.1. The molecule has 0 amide bonds. The third-order valence-electron chi connectivity index (χ3n) is 3.83. The van der Waals surface area contributed by atoms with E-state index in [1.165, 1.54) is 12.1 Å². The minimum Gasteiger partial charge on any atom is -0.459 e. The monoisotopic (exact) mass is 324 g/mol. The summed E-state index contributed by atoms with van der Waals surface area (Å²) in [5, 5.41) is 11.8. The van der Waals surface area contributed by atoms with Crippen molar-refractivity contribution in [1.29, 1.82) is 0 Å². The Bertz CT molecular complexity index is 914. The van der Waals surface area contributed by atoms with Crippen molar-refractivity contribution in [2.24, 2.45) is 0 Å². The van der Waals surface area contributed by atoms with Crippen molar-refractivity contribution < 1.29 is 14.5 Å². The van der Waals surface area contributed by atoms with Gasteiger partial charge in [0, 0.05) is 23.3 Å². The number of hydrogen-bond acceptors (Lipinski definition) is 4. The first-order valence-corrected chi connectivity index (χ1v) is 7.48. The van der Waals surface area contributed by atoms with Crippen LogP contribution in [0.2, 0.25) is 0 Å². The smallest absolute Gasteiger partial charge is 0.326 e. The fourth-order valence-corrected chi connectivity index (χ4v) is 2.66. The molecular formula is C18H16N2O4. The molecule has 6 nitrogen and oxygen atoms in total. The number of esters is 1. The zero-order valence-electron chi connectivity index (χ0n) is 13.1. The van der Waals surface area contributed by atoms with Crippen molar-refractivity contribution in [3.05, 3.63) is 76.0 Å². The summed E-state index contributed by atoms with van der Waals surface area (Å²) in [4.78, 5) is 22.4. The van der Waals surface area contributed by atoms with Crippen molar-refractivity contribution in [2.75, 3.05) is 0 Å². The average Bonchev–Trinajstić information content (AvgIpc) is 2.89. The van der Waals surface area contributed by atoms with Gasteiger partial charge in [-0.3, -0.25) is 14.9 Å². The highest BCUT2D eigenvalue weighted by atomic mass is 16.6. The molecule has 0 aliphatic heterocycles. The third-order valence-corrected chi connectivity index (χ3v) is 3.83. The van der Waals surface area contributed by atoms with Crippen molar-refractivity contribution in [1.82, 2.24) is 4.57 Å². The SMILES string of the molecule is Cc1cc2ccccc2n1CC(=O)OCc1cccc([N+](=O)[O-])c1. The topological polar surface area (TPSA) is 74.4 Å². The summed E-state index contributed by atoms with van der Waals surface area (Å²) in [5.41, 5.74) is 2.52. The summed E-state index contributed by atoms with van der Waals surface area (Å²) in [5.74, 6) is -0.383. The standard InChI is InChI=1S/C18H16N2O4/c1-13-9-15-6-2-3-8-17(15)19(13)11-18(21)24-12-14-5-4-7-16(10-14)20(22)23/h2-10H,11-12H2,1H3. The number of aryl methyl sites for hydroxylation is 1. The molecule has 0 unspecified atom stereocenters. The van der Waals surface area contributed by atoms with Crippen LogP contribution in [0.25, 0.3) is 10.9 Å². The lowest BCUT2D eigenvalue weighted by molar-refractivity contribution is -0.384. The van der Waals surface area contributed by atoms with Crippen LogP contribution in [0, 0.1) is 17.0 Å². The van der Waals surface area contributed by atoms with Crippen molar-refractivity contribution in [2.45, 2.75) is 20.1 Å². The summed E-state index contributed by atoms with van der Waals surface area (Å²) in [6, 6.07) is 15.9. The Balaban J connectivity index is 1.68. The van der Waals surface area contributed by atoms with Crippen molar-refractivity contribution in [3.63, 3.8) is 0 Å². The highest BCUT2D eigenvalue weighted by Crippen LogP contribution is 2.19. The predicted octanol–water partition coefficient (Wildman–Crippen LogP) is 3.60. The lowest BCUT2D eigenvalue weighted by atomic mass is 10.2. The molecule has 0 saturated carbocycles. The number of fused-ring (bicyclic) bond motifs is 1. The lowest BCUT2D eigenvalue weighted by Crippen LogP contribution is -2.14. The van der Waals surface area contributed by atoms with E-state index in [0.29, 0.717) is 5.56 Å². The van der Waals surface area contributed by atoms with E-state index in [1.807, 2.05) is 41.8 Å². The number of hydrogen-bond donors (Lipinski definition) is 0. The second-order valence-corrected chi connectivity index (χ2v) is 5.52. The highest BCUT2D eigenvalue weighted by Gasteiger charge is 2.11. The maximum absolute atomic E-state index is 12.1. The van der Waals surface area contributed by atoms with Gasteiger partial charge in [-0.1, -0.05) is 30.3 Å². The van der Waals surface area contributed by atoms with Crippen LogP contribution >= 0.6 is 0 Å².